The molecule has 0 saturated carbocycles. The molecule has 3 aliphatic rings. The molecule has 0 unspecified atom stereocenters. The number of benzene rings is 1. The summed E-state index contributed by atoms with van der Waals surface area (Å²) >= 11 is 0. The molecule has 0 spiro atoms. The molecule has 2 heterocycles. The van der Waals surface area contributed by atoms with Gasteiger partial charge in [-0.1, -0.05) is 6.07 Å². The van der Waals surface area contributed by atoms with E-state index in [2.05, 4.69) is 26.1 Å². The minimum Gasteiger partial charge on any atom is -0.307 e. The largest absolute Gasteiger partial charge is 0.334 e. The van der Waals surface area contributed by atoms with E-state index in [1.807, 2.05) is 14.0 Å². The van der Waals surface area contributed by atoms with Crippen molar-refractivity contribution in [3.05, 3.63) is 40.7 Å². The Hall–Kier alpha value is -1.59. The van der Waals surface area contributed by atoms with Crippen LogP contribution in [0.15, 0.2) is 18.5 Å². The number of likely N-dealkylation sites (tertiary alicyclic amines) is 1. The minimum absolute atomic E-state index is 0. The first-order valence-corrected chi connectivity index (χ1v) is 13.8. The van der Waals surface area contributed by atoms with Crippen molar-refractivity contribution in [2.75, 3.05) is 29.8 Å². The zero-order valence-electron chi connectivity index (χ0n) is 21.0. The summed E-state index contributed by atoms with van der Waals surface area (Å²) in [5.74, 6) is 0. The summed E-state index contributed by atoms with van der Waals surface area (Å²) in [7, 11) is -2.10. The second-order valence-electron chi connectivity index (χ2n) is 9.68. The van der Waals surface area contributed by atoms with Crippen molar-refractivity contribution in [2.24, 2.45) is 0 Å². The van der Waals surface area contributed by atoms with E-state index >= 15 is 0 Å². The molecule has 35 heavy (non-hydrogen) atoms. The number of hydrogen-bond donors (Lipinski definition) is 2. The second-order valence-corrected chi connectivity index (χ2v) is 11.2. The predicted octanol–water partition coefficient (Wildman–Crippen LogP) is 2.47. The molecule has 1 aromatic carbocycles. The van der Waals surface area contributed by atoms with E-state index in [-0.39, 0.29) is 35.6 Å². The van der Waals surface area contributed by atoms with Crippen molar-refractivity contribution in [1.82, 2.24) is 19.4 Å². The van der Waals surface area contributed by atoms with Gasteiger partial charge in [0.05, 0.1) is 11.9 Å². The Morgan fingerprint density at radius 3 is 2.31 bits per heavy atom. The van der Waals surface area contributed by atoms with Crippen LogP contribution in [0.25, 0.3) is 0 Å². The molecular weight excluding hydrogens is 475 g/mol. The molecule has 1 radical (unpaired) electrons. The zero-order valence-corrected chi connectivity index (χ0v) is 23.8. The van der Waals surface area contributed by atoms with Crippen molar-refractivity contribution in [2.45, 2.75) is 70.9 Å². The first-order chi connectivity index (χ1) is 16.4. The molecule has 185 valence electrons. The van der Waals surface area contributed by atoms with Crippen LogP contribution in [0.3, 0.4) is 0 Å². The summed E-state index contributed by atoms with van der Waals surface area (Å²) in [6.45, 7) is 4.19. The number of anilines is 2. The van der Waals surface area contributed by atoms with Crippen LogP contribution >= 0.6 is 0 Å². The molecule has 5 rings (SSSR count). The van der Waals surface area contributed by atoms with Gasteiger partial charge in [0.25, 0.3) is 0 Å². The zero-order chi connectivity index (χ0) is 23.9. The maximum absolute atomic E-state index is 13.6. The van der Waals surface area contributed by atoms with E-state index in [4.69, 9.17) is 0 Å². The molecule has 1 fully saturated rings. The number of piperidine rings is 1. The summed E-state index contributed by atoms with van der Waals surface area (Å²) in [5.41, 5.74) is 6.24. The average Bonchev–Trinajstić information content (AvgIpc) is 3.55. The SMILES string of the molecule is CCn1cc(N(C2CCN(C)CC2)S(=O)(=O)NC(=O)Nc2c3c(cc4c2CCC4)CCC3)cn1.[Na]. The van der Waals surface area contributed by atoms with Gasteiger partial charge in [0.2, 0.25) is 0 Å². The topological polar surface area (TPSA) is 99.6 Å². The van der Waals surface area contributed by atoms with Crippen LogP contribution in [0.4, 0.5) is 16.2 Å². The minimum atomic E-state index is -4.14. The van der Waals surface area contributed by atoms with Gasteiger partial charge in [0, 0.05) is 54.0 Å². The fourth-order valence-electron chi connectivity index (χ4n) is 5.69. The van der Waals surface area contributed by atoms with Gasteiger partial charge < -0.3 is 10.2 Å². The van der Waals surface area contributed by atoms with Crippen LogP contribution in [0, 0.1) is 0 Å². The Morgan fingerprint density at radius 1 is 1.11 bits per heavy atom. The number of carbonyl (C=O) groups is 1. The van der Waals surface area contributed by atoms with Crippen LogP contribution in [0.1, 0.15) is 54.9 Å². The van der Waals surface area contributed by atoms with Crippen molar-refractivity contribution in [3.8, 4) is 0 Å². The maximum Gasteiger partial charge on any atom is 0.334 e. The third-order valence-corrected chi connectivity index (χ3v) is 8.88. The van der Waals surface area contributed by atoms with E-state index in [1.54, 1.807) is 17.1 Å². The fourth-order valence-corrected chi connectivity index (χ4v) is 7.05. The smallest absolute Gasteiger partial charge is 0.307 e. The first-order valence-electron chi connectivity index (χ1n) is 12.4. The van der Waals surface area contributed by atoms with Crippen molar-refractivity contribution < 1.29 is 13.2 Å². The number of aryl methyl sites for hydroxylation is 3. The molecule has 9 nitrogen and oxygen atoms in total. The molecule has 0 atom stereocenters. The van der Waals surface area contributed by atoms with Crippen LogP contribution in [0.2, 0.25) is 0 Å². The van der Waals surface area contributed by atoms with Crippen LogP contribution in [0.5, 0.6) is 0 Å². The molecule has 2 aromatic rings. The molecule has 1 saturated heterocycles. The Labute approximate surface area is 230 Å². The first kappa shape index (κ1) is 26.5. The number of nitrogens with one attached hydrogen (secondary N) is 2. The number of carbonyl (C=O) groups excluding carboxylic acids is 1. The van der Waals surface area contributed by atoms with Crippen LogP contribution in [-0.2, 0) is 42.4 Å². The van der Waals surface area contributed by atoms with Crippen molar-refractivity contribution >= 4 is 57.2 Å². The number of rotatable bonds is 6. The van der Waals surface area contributed by atoms with Crippen LogP contribution in [-0.4, -0.2) is 84.9 Å². The molecule has 1 aliphatic heterocycles. The normalized spacial score (nSPS) is 18.0. The van der Waals surface area contributed by atoms with Crippen molar-refractivity contribution in [1.29, 1.82) is 0 Å². The number of nitrogens with zero attached hydrogens (tertiary/aromatic N) is 4. The Morgan fingerprint density at radius 2 is 1.74 bits per heavy atom. The summed E-state index contributed by atoms with van der Waals surface area (Å²) in [6, 6.07) is 1.36. The summed E-state index contributed by atoms with van der Waals surface area (Å²) in [4.78, 5) is 15.3. The molecule has 2 amide bonds. The monoisotopic (exact) mass is 509 g/mol. The van der Waals surface area contributed by atoms with E-state index in [0.717, 1.165) is 57.3 Å². The van der Waals surface area contributed by atoms with Gasteiger partial charge in [-0.05, 0) is 101 Å². The van der Waals surface area contributed by atoms with Gasteiger partial charge in [0.15, 0.2) is 0 Å². The fraction of sp³-hybridized carbons (Fsp3) is 0.583. The van der Waals surface area contributed by atoms with Crippen molar-refractivity contribution in [3.63, 3.8) is 0 Å². The summed E-state index contributed by atoms with van der Waals surface area (Å²) < 4.78 is 32.5. The third kappa shape index (κ3) is 5.41. The van der Waals surface area contributed by atoms with Gasteiger partial charge in [-0.25, -0.2) is 13.8 Å². The van der Waals surface area contributed by atoms with E-state index < -0.39 is 16.2 Å². The van der Waals surface area contributed by atoms with E-state index in [9.17, 15) is 13.2 Å². The Kier molecular flexibility index (Phi) is 8.17. The number of amides is 2. The molecule has 1 aromatic heterocycles. The quantitative estimate of drug-likeness (QED) is 0.583. The average molecular weight is 510 g/mol. The molecule has 2 N–H and O–H groups in total. The third-order valence-electron chi connectivity index (χ3n) is 7.41. The van der Waals surface area contributed by atoms with E-state index in [0.29, 0.717) is 25.1 Å². The summed E-state index contributed by atoms with van der Waals surface area (Å²) in [5, 5.41) is 7.22. The van der Waals surface area contributed by atoms with Gasteiger partial charge in [-0.15, -0.1) is 0 Å². The standard InChI is InChI=1S/C24H34N6O3S.Na/c1-3-29-16-20(15-25-29)30(19-10-12-28(2)13-11-19)34(32,33)27-24(31)26-23-21-8-4-6-17(21)14-18-7-5-9-22(18)23;/h14-16,19H,3-13H2,1-2H3,(H2,26,27,31);. The number of aromatic nitrogens is 2. The summed E-state index contributed by atoms with van der Waals surface area (Å²) in [6.07, 6.45) is 10.7. The van der Waals surface area contributed by atoms with Gasteiger partial charge in [0.1, 0.15) is 0 Å². The van der Waals surface area contributed by atoms with Gasteiger partial charge in [-0.3, -0.25) is 4.68 Å². The Balaban J connectivity index is 0.00000289. The van der Waals surface area contributed by atoms with Gasteiger partial charge >= 0.3 is 16.2 Å². The number of hydrogen-bond acceptors (Lipinski definition) is 5. The number of urea groups is 1. The number of fused-ring (bicyclic) bond motifs is 2. The van der Waals surface area contributed by atoms with Gasteiger partial charge in [-0.2, -0.15) is 13.5 Å². The van der Waals surface area contributed by atoms with E-state index in [1.165, 1.54) is 26.6 Å². The second kappa shape index (κ2) is 10.8. The molecule has 2 aliphatic carbocycles. The molecule has 11 heteroatoms. The molecular formula is C24H34N6NaO3S. The Bertz CT molecular complexity index is 1160. The maximum atomic E-state index is 13.6. The predicted molar refractivity (Wildman–Crippen MR) is 138 cm³/mol. The van der Waals surface area contributed by atoms with Crippen LogP contribution < -0.4 is 14.3 Å². The molecule has 0 bridgehead atoms.